The fraction of sp³-hybridized carbons (Fsp3) is 0.154. The van der Waals surface area contributed by atoms with Gasteiger partial charge in [-0.2, -0.15) is 0 Å². The quantitative estimate of drug-likeness (QED) is 0.851. The van der Waals surface area contributed by atoms with Gasteiger partial charge in [0.15, 0.2) is 0 Å². The Kier molecular flexibility index (Phi) is 4.24. The summed E-state index contributed by atoms with van der Waals surface area (Å²) in [5, 5.41) is 11.9. The SMILES string of the molecule is O=C(Nc1ccc(O)cc1Cl)c1cccn1CC(F)F. The number of carbonyl (C=O) groups excluding carboxylic acids is 1. The van der Waals surface area contributed by atoms with Crippen LogP contribution in [0, 0.1) is 0 Å². The number of alkyl halides is 2. The number of amides is 1. The lowest BCUT2D eigenvalue weighted by Crippen LogP contribution is -2.19. The molecule has 2 aromatic rings. The Morgan fingerprint density at radius 1 is 1.40 bits per heavy atom. The largest absolute Gasteiger partial charge is 0.508 e. The predicted octanol–water partition coefficient (Wildman–Crippen LogP) is 3.36. The Morgan fingerprint density at radius 3 is 2.80 bits per heavy atom. The fourth-order valence-corrected chi connectivity index (χ4v) is 1.94. The van der Waals surface area contributed by atoms with Crippen LogP contribution in [-0.2, 0) is 6.54 Å². The molecule has 0 aliphatic rings. The second kappa shape index (κ2) is 5.92. The molecular weight excluding hydrogens is 290 g/mol. The summed E-state index contributed by atoms with van der Waals surface area (Å²) in [6.45, 7) is -0.556. The molecule has 0 aliphatic carbocycles. The minimum Gasteiger partial charge on any atom is -0.508 e. The number of benzene rings is 1. The first kappa shape index (κ1) is 14.3. The number of nitrogens with one attached hydrogen (secondary N) is 1. The van der Waals surface area contributed by atoms with Crippen molar-refractivity contribution in [3.05, 3.63) is 47.2 Å². The Labute approximate surface area is 118 Å². The molecule has 2 N–H and O–H groups in total. The number of hydrogen-bond acceptors (Lipinski definition) is 2. The first-order chi connectivity index (χ1) is 9.47. The number of halogens is 3. The van der Waals surface area contributed by atoms with E-state index in [1.54, 1.807) is 0 Å². The number of rotatable bonds is 4. The molecule has 7 heteroatoms. The van der Waals surface area contributed by atoms with Crippen LogP contribution in [-0.4, -0.2) is 22.0 Å². The number of aromatic nitrogens is 1. The van der Waals surface area contributed by atoms with Crippen LogP contribution in [0.25, 0.3) is 0 Å². The maximum atomic E-state index is 12.4. The first-order valence-electron chi connectivity index (χ1n) is 5.70. The Balaban J connectivity index is 2.18. The van der Waals surface area contributed by atoms with Crippen molar-refractivity contribution in [2.75, 3.05) is 5.32 Å². The number of hydrogen-bond donors (Lipinski definition) is 2. The number of nitrogens with zero attached hydrogens (tertiary/aromatic N) is 1. The Morgan fingerprint density at radius 2 is 2.15 bits per heavy atom. The molecule has 0 saturated heterocycles. The summed E-state index contributed by atoms with van der Waals surface area (Å²) in [5.41, 5.74) is 0.397. The molecule has 20 heavy (non-hydrogen) atoms. The van der Waals surface area contributed by atoms with Crippen molar-refractivity contribution in [1.29, 1.82) is 0 Å². The van der Waals surface area contributed by atoms with Crippen molar-refractivity contribution >= 4 is 23.2 Å². The summed E-state index contributed by atoms with van der Waals surface area (Å²) in [7, 11) is 0. The predicted molar refractivity (Wildman–Crippen MR) is 71.5 cm³/mol. The zero-order valence-corrected chi connectivity index (χ0v) is 10.9. The first-order valence-corrected chi connectivity index (χ1v) is 6.08. The molecular formula is C13H11ClF2N2O2. The normalized spacial score (nSPS) is 10.8. The summed E-state index contributed by atoms with van der Waals surface area (Å²) in [5.74, 6) is -0.586. The smallest absolute Gasteiger partial charge is 0.272 e. The molecule has 0 radical (unpaired) electrons. The van der Waals surface area contributed by atoms with E-state index in [0.717, 1.165) is 4.57 Å². The fourth-order valence-electron chi connectivity index (χ4n) is 1.72. The average molecular weight is 301 g/mol. The number of anilines is 1. The Bertz CT molecular complexity index is 629. The van der Waals surface area contributed by atoms with Gasteiger partial charge in [0.2, 0.25) is 0 Å². The van der Waals surface area contributed by atoms with Gasteiger partial charge in [0.25, 0.3) is 12.3 Å². The molecule has 0 saturated carbocycles. The molecule has 4 nitrogen and oxygen atoms in total. The van der Waals surface area contributed by atoms with Crippen molar-refractivity contribution in [1.82, 2.24) is 4.57 Å². The lowest BCUT2D eigenvalue weighted by molar-refractivity contribution is 0.0997. The number of aromatic hydroxyl groups is 1. The molecule has 1 aromatic heterocycles. The number of phenols is 1. The van der Waals surface area contributed by atoms with E-state index in [1.807, 2.05) is 0 Å². The minimum atomic E-state index is -2.55. The molecule has 0 fully saturated rings. The summed E-state index contributed by atoms with van der Waals surface area (Å²) in [6, 6.07) is 7.01. The third-order valence-corrected chi connectivity index (χ3v) is 2.91. The van der Waals surface area contributed by atoms with Gasteiger partial charge in [-0.25, -0.2) is 8.78 Å². The van der Waals surface area contributed by atoms with Crippen LogP contribution in [0.4, 0.5) is 14.5 Å². The van der Waals surface area contributed by atoms with E-state index in [2.05, 4.69) is 5.32 Å². The zero-order chi connectivity index (χ0) is 14.7. The molecule has 1 heterocycles. The number of carbonyl (C=O) groups is 1. The molecule has 2 rings (SSSR count). The summed E-state index contributed by atoms with van der Waals surface area (Å²) < 4.78 is 25.9. The molecule has 0 atom stereocenters. The lowest BCUT2D eigenvalue weighted by Gasteiger charge is -2.10. The van der Waals surface area contributed by atoms with Gasteiger partial charge in [-0.05, 0) is 24.3 Å². The molecule has 0 aliphatic heterocycles. The Hall–Kier alpha value is -2.08. The highest BCUT2D eigenvalue weighted by atomic mass is 35.5. The van der Waals surface area contributed by atoms with Gasteiger partial charge in [-0.3, -0.25) is 4.79 Å². The molecule has 0 bridgehead atoms. The molecule has 0 unspecified atom stereocenters. The second-order valence-electron chi connectivity index (χ2n) is 4.06. The van der Waals surface area contributed by atoms with Crippen LogP contribution >= 0.6 is 11.6 Å². The van der Waals surface area contributed by atoms with Crippen LogP contribution in [0.5, 0.6) is 5.75 Å². The molecule has 106 valence electrons. The summed E-state index contributed by atoms with van der Waals surface area (Å²) >= 11 is 5.86. The van der Waals surface area contributed by atoms with Crippen molar-refractivity contribution in [3.8, 4) is 5.75 Å². The van der Waals surface area contributed by atoms with E-state index < -0.39 is 18.9 Å². The van der Waals surface area contributed by atoms with Gasteiger partial charge in [0.1, 0.15) is 11.4 Å². The lowest BCUT2D eigenvalue weighted by atomic mass is 10.3. The highest BCUT2D eigenvalue weighted by molar-refractivity contribution is 6.34. The van der Waals surface area contributed by atoms with E-state index in [-0.39, 0.29) is 16.5 Å². The topological polar surface area (TPSA) is 54.3 Å². The van der Waals surface area contributed by atoms with Crippen molar-refractivity contribution < 1.29 is 18.7 Å². The van der Waals surface area contributed by atoms with E-state index in [4.69, 9.17) is 11.6 Å². The summed E-state index contributed by atoms with van der Waals surface area (Å²) in [6.07, 6.45) is -1.15. The van der Waals surface area contributed by atoms with Gasteiger partial charge in [-0.1, -0.05) is 11.6 Å². The minimum absolute atomic E-state index is 0.0333. The van der Waals surface area contributed by atoms with Crippen molar-refractivity contribution in [2.45, 2.75) is 13.0 Å². The number of phenolic OH excluding ortho intramolecular Hbond substituents is 1. The van der Waals surface area contributed by atoms with Gasteiger partial charge < -0.3 is 15.0 Å². The van der Waals surface area contributed by atoms with E-state index in [9.17, 15) is 18.7 Å². The zero-order valence-electron chi connectivity index (χ0n) is 10.2. The van der Waals surface area contributed by atoms with E-state index in [1.165, 1.54) is 36.5 Å². The van der Waals surface area contributed by atoms with Crippen LogP contribution in [0.3, 0.4) is 0 Å². The monoisotopic (exact) mass is 300 g/mol. The van der Waals surface area contributed by atoms with Crippen LogP contribution < -0.4 is 5.32 Å². The maximum absolute atomic E-state index is 12.4. The molecule has 1 aromatic carbocycles. The van der Waals surface area contributed by atoms with Crippen LogP contribution in [0.1, 0.15) is 10.5 Å². The van der Waals surface area contributed by atoms with Gasteiger partial charge in [0, 0.05) is 12.3 Å². The van der Waals surface area contributed by atoms with Gasteiger partial charge in [-0.15, -0.1) is 0 Å². The molecule has 1 amide bonds. The molecule has 0 spiro atoms. The standard InChI is InChI=1S/C13H11ClF2N2O2/c14-9-6-8(19)3-4-10(9)17-13(20)11-2-1-5-18(11)7-12(15)16/h1-6,12,19H,7H2,(H,17,20). The van der Waals surface area contributed by atoms with Crippen molar-refractivity contribution in [3.63, 3.8) is 0 Å². The van der Waals surface area contributed by atoms with E-state index >= 15 is 0 Å². The highest BCUT2D eigenvalue weighted by Crippen LogP contribution is 2.26. The van der Waals surface area contributed by atoms with Crippen LogP contribution in [0.15, 0.2) is 36.5 Å². The van der Waals surface area contributed by atoms with Gasteiger partial charge >= 0.3 is 0 Å². The van der Waals surface area contributed by atoms with Crippen molar-refractivity contribution in [2.24, 2.45) is 0 Å². The maximum Gasteiger partial charge on any atom is 0.272 e. The third-order valence-electron chi connectivity index (χ3n) is 2.60. The summed E-state index contributed by atoms with van der Waals surface area (Å²) in [4.78, 5) is 12.0. The highest BCUT2D eigenvalue weighted by Gasteiger charge is 2.15. The van der Waals surface area contributed by atoms with Crippen LogP contribution in [0.2, 0.25) is 5.02 Å². The second-order valence-corrected chi connectivity index (χ2v) is 4.46. The average Bonchev–Trinajstić information content (AvgIpc) is 2.80. The van der Waals surface area contributed by atoms with Gasteiger partial charge in [0.05, 0.1) is 17.3 Å². The van der Waals surface area contributed by atoms with E-state index in [0.29, 0.717) is 5.69 Å². The third kappa shape index (κ3) is 3.27.